The van der Waals surface area contributed by atoms with Crippen LogP contribution in [0.15, 0.2) is 41.3 Å². The van der Waals surface area contributed by atoms with Crippen LogP contribution in [0.4, 0.5) is 10.1 Å². The third-order valence-electron chi connectivity index (χ3n) is 5.44. The van der Waals surface area contributed by atoms with E-state index in [2.05, 4.69) is 0 Å². The minimum absolute atomic E-state index is 0.00313. The van der Waals surface area contributed by atoms with E-state index in [-0.39, 0.29) is 35.0 Å². The van der Waals surface area contributed by atoms with Gasteiger partial charge in [-0.05, 0) is 35.7 Å². The van der Waals surface area contributed by atoms with Crippen LogP contribution in [-0.2, 0) is 21.2 Å². The number of halogens is 2. The maximum Gasteiger partial charge on any atom is 0.245 e. The molecule has 0 aliphatic carbocycles. The van der Waals surface area contributed by atoms with Crippen LogP contribution in [0.3, 0.4) is 0 Å². The molecular formula is C22H24ClFN2O4S. The highest BCUT2D eigenvalue weighted by molar-refractivity contribution is 7.91. The molecule has 1 unspecified atom stereocenters. The molecule has 0 aromatic heterocycles. The Hall–Kier alpha value is -2.29. The van der Waals surface area contributed by atoms with Crippen molar-refractivity contribution >= 4 is 38.8 Å². The first-order valence-electron chi connectivity index (χ1n) is 9.94. The van der Waals surface area contributed by atoms with E-state index in [0.717, 1.165) is 12.5 Å². The number of ketones is 1. The molecule has 2 aromatic rings. The van der Waals surface area contributed by atoms with Gasteiger partial charge in [-0.15, -0.1) is 0 Å². The largest absolute Gasteiger partial charge is 0.319 e. The van der Waals surface area contributed by atoms with Gasteiger partial charge in [-0.25, -0.2) is 12.8 Å². The van der Waals surface area contributed by atoms with Crippen LogP contribution >= 0.6 is 11.6 Å². The van der Waals surface area contributed by atoms with Crippen LogP contribution in [0.2, 0.25) is 5.02 Å². The summed E-state index contributed by atoms with van der Waals surface area (Å²) in [5.41, 5.74) is 6.26. The number of sulfone groups is 1. The molecule has 1 heterocycles. The van der Waals surface area contributed by atoms with Crippen LogP contribution in [0, 0.1) is 11.7 Å². The molecule has 2 atom stereocenters. The van der Waals surface area contributed by atoms with Gasteiger partial charge in [-0.3, -0.25) is 9.59 Å². The molecule has 9 heteroatoms. The van der Waals surface area contributed by atoms with Crippen molar-refractivity contribution in [2.75, 3.05) is 10.7 Å². The Morgan fingerprint density at radius 2 is 1.94 bits per heavy atom. The number of amides is 1. The molecule has 0 saturated heterocycles. The van der Waals surface area contributed by atoms with Gasteiger partial charge in [-0.1, -0.05) is 44.0 Å². The number of fused-ring (bicyclic) bond motifs is 1. The number of carbonyl (C=O) groups excluding carboxylic acids is 2. The van der Waals surface area contributed by atoms with E-state index < -0.39 is 39.1 Å². The van der Waals surface area contributed by atoms with Gasteiger partial charge in [0.05, 0.1) is 34.5 Å². The van der Waals surface area contributed by atoms with Crippen molar-refractivity contribution in [3.8, 4) is 0 Å². The van der Waals surface area contributed by atoms with E-state index >= 15 is 0 Å². The summed E-state index contributed by atoms with van der Waals surface area (Å²) < 4.78 is 40.5. The first-order valence-corrected chi connectivity index (χ1v) is 12.0. The Kier molecular flexibility index (Phi) is 6.83. The lowest BCUT2D eigenvalue weighted by Crippen LogP contribution is -2.45. The van der Waals surface area contributed by atoms with Gasteiger partial charge >= 0.3 is 0 Å². The van der Waals surface area contributed by atoms with E-state index in [1.165, 1.54) is 11.0 Å². The fraction of sp³-hybridized carbons (Fsp3) is 0.364. The molecule has 0 saturated carbocycles. The highest BCUT2D eigenvalue weighted by Gasteiger charge is 2.37. The zero-order chi connectivity index (χ0) is 22.9. The molecule has 31 heavy (non-hydrogen) atoms. The maximum atomic E-state index is 14.8. The number of Topliss-reactive ketones (excluding diaryl/α,β-unsaturated/α-hetero) is 1. The van der Waals surface area contributed by atoms with Crippen molar-refractivity contribution in [2.24, 2.45) is 11.7 Å². The minimum Gasteiger partial charge on any atom is -0.319 e. The van der Waals surface area contributed by atoms with E-state index in [1.807, 2.05) is 13.8 Å². The molecule has 0 spiro atoms. The van der Waals surface area contributed by atoms with Crippen molar-refractivity contribution in [3.63, 3.8) is 0 Å². The molecule has 2 N–H and O–H groups in total. The third-order valence-corrected chi connectivity index (χ3v) is 7.49. The predicted molar refractivity (Wildman–Crippen MR) is 117 cm³/mol. The average molecular weight is 467 g/mol. The molecule has 0 bridgehead atoms. The Balaban J connectivity index is 2.15. The van der Waals surface area contributed by atoms with Gasteiger partial charge in [0.2, 0.25) is 5.91 Å². The standard InChI is InChI=1S/C22H24ClFN2O4S/c1-3-13(2)8-20(27)16-9-19-21(10-17(16)24)31(29,30)12-18(25)22(28)26(19)11-14-4-6-15(23)7-5-14/h4-7,9-10,13,18H,3,8,11-12,25H2,1-2H3/t13?,18-/m0/s1. The normalized spacial score (nSPS) is 18.9. The van der Waals surface area contributed by atoms with E-state index in [1.54, 1.807) is 24.3 Å². The van der Waals surface area contributed by atoms with Crippen molar-refractivity contribution in [1.29, 1.82) is 0 Å². The number of benzene rings is 2. The fourth-order valence-electron chi connectivity index (χ4n) is 3.44. The summed E-state index contributed by atoms with van der Waals surface area (Å²) >= 11 is 5.92. The van der Waals surface area contributed by atoms with Gasteiger partial charge in [0.15, 0.2) is 15.6 Å². The second kappa shape index (κ2) is 9.06. The van der Waals surface area contributed by atoms with Gasteiger partial charge < -0.3 is 10.6 Å². The monoisotopic (exact) mass is 466 g/mol. The third kappa shape index (κ3) is 4.97. The minimum atomic E-state index is -4.05. The number of hydrogen-bond acceptors (Lipinski definition) is 5. The molecule has 166 valence electrons. The molecule has 0 fully saturated rings. The van der Waals surface area contributed by atoms with Crippen LogP contribution < -0.4 is 10.6 Å². The van der Waals surface area contributed by atoms with Crippen LogP contribution in [0.25, 0.3) is 0 Å². The average Bonchev–Trinajstić information content (AvgIpc) is 2.77. The Morgan fingerprint density at radius 1 is 1.29 bits per heavy atom. The molecule has 1 aliphatic rings. The Labute approximate surface area is 186 Å². The summed E-state index contributed by atoms with van der Waals surface area (Å²) in [7, 11) is -4.05. The molecule has 2 aromatic carbocycles. The Morgan fingerprint density at radius 3 is 2.55 bits per heavy atom. The summed E-state index contributed by atoms with van der Waals surface area (Å²) in [4.78, 5) is 26.5. The second-order valence-corrected chi connectivity index (χ2v) is 10.3. The first kappa shape index (κ1) is 23.4. The number of nitrogens with zero attached hydrogens (tertiary/aromatic N) is 1. The van der Waals surface area contributed by atoms with Crippen LogP contribution in [0.5, 0.6) is 0 Å². The quantitative estimate of drug-likeness (QED) is 0.654. The first-order chi connectivity index (χ1) is 14.5. The molecule has 6 nitrogen and oxygen atoms in total. The summed E-state index contributed by atoms with van der Waals surface area (Å²) in [6.45, 7) is 3.79. The predicted octanol–water partition coefficient (Wildman–Crippen LogP) is 3.75. The van der Waals surface area contributed by atoms with E-state index in [4.69, 9.17) is 17.3 Å². The van der Waals surface area contributed by atoms with Gasteiger partial charge in [-0.2, -0.15) is 0 Å². The number of rotatable bonds is 6. The molecule has 1 aliphatic heterocycles. The highest BCUT2D eigenvalue weighted by Crippen LogP contribution is 2.34. The van der Waals surface area contributed by atoms with Crippen molar-refractivity contribution in [1.82, 2.24) is 0 Å². The summed E-state index contributed by atoms with van der Waals surface area (Å²) in [6, 6.07) is 7.35. The molecule has 3 rings (SSSR count). The topological polar surface area (TPSA) is 97.5 Å². The van der Waals surface area contributed by atoms with Gasteiger partial charge in [0.1, 0.15) is 5.82 Å². The smallest absolute Gasteiger partial charge is 0.245 e. The summed E-state index contributed by atoms with van der Waals surface area (Å²) in [6.07, 6.45) is 0.853. The second-order valence-electron chi connectivity index (χ2n) is 7.88. The highest BCUT2D eigenvalue weighted by atomic mass is 35.5. The molecule has 0 radical (unpaired) electrons. The zero-order valence-electron chi connectivity index (χ0n) is 17.3. The zero-order valence-corrected chi connectivity index (χ0v) is 18.8. The van der Waals surface area contributed by atoms with Crippen molar-refractivity contribution in [2.45, 2.75) is 44.2 Å². The number of nitrogens with two attached hydrogens (primary N) is 1. The van der Waals surface area contributed by atoms with Crippen LogP contribution in [0.1, 0.15) is 42.6 Å². The number of anilines is 1. The fourth-order valence-corrected chi connectivity index (χ4v) is 5.13. The maximum absolute atomic E-state index is 14.8. The van der Waals surface area contributed by atoms with Crippen LogP contribution in [-0.4, -0.2) is 31.9 Å². The summed E-state index contributed by atoms with van der Waals surface area (Å²) in [5, 5.41) is 0.505. The van der Waals surface area contributed by atoms with Crippen molar-refractivity contribution in [3.05, 3.63) is 58.4 Å². The lowest BCUT2D eigenvalue weighted by molar-refractivity contribution is -0.119. The molecular weight excluding hydrogens is 443 g/mol. The lowest BCUT2D eigenvalue weighted by atomic mass is 9.97. The lowest BCUT2D eigenvalue weighted by Gasteiger charge is -2.25. The summed E-state index contributed by atoms with van der Waals surface area (Å²) in [5.74, 6) is -2.60. The number of carbonyl (C=O) groups is 2. The SMILES string of the molecule is CCC(C)CC(=O)c1cc2c(cc1F)S(=O)(=O)C[C@H](N)C(=O)N2Cc1ccc(Cl)cc1. The molecule has 1 amide bonds. The van der Waals surface area contributed by atoms with Gasteiger partial charge in [0, 0.05) is 11.4 Å². The van der Waals surface area contributed by atoms with E-state index in [9.17, 15) is 22.4 Å². The Bertz CT molecular complexity index is 1120. The van der Waals surface area contributed by atoms with Crippen molar-refractivity contribution < 1.29 is 22.4 Å². The number of hydrogen-bond donors (Lipinski definition) is 1. The van der Waals surface area contributed by atoms with E-state index in [0.29, 0.717) is 10.6 Å². The van der Waals surface area contributed by atoms with Gasteiger partial charge in [0.25, 0.3) is 0 Å².